The van der Waals surface area contributed by atoms with Crippen molar-refractivity contribution in [3.63, 3.8) is 0 Å². The van der Waals surface area contributed by atoms with Crippen LogP contribution < -0.4 is 5.32 Å². The van der Waals surface area contributed by atoms with Gasteiger partial charge in [-0.25, -0.2) is 0 Å². The molecule has 0 saturated carbocycles. The van der Waals surface area contributed by atoms with Gasteiger partial charge < -0.3 is 53.1 Å². The van der Waals surface area contributed by atoms with Crippen molar-refractivity contribution >= 4 is 29.8 Å². The Hall–Kier alpha value is -3.93. The molecular weight excluding hydrogens is 638 g/mol. The summed E-state index contributed by atoms with van der Waals surface area (Å²) in [6.07, 6.45) is -11.0. The Balaban J connectivity index is 2.06. The van der Waals surface area contributed by atoms with Gasteiger partial charge in [0, 0.05) is 34.6 Å². The molecule has 1 amide bonds. The first-order chi connectivity index (χ1) is 22.8. The van der Waals surface area contributed by atoms with Crippen LogP contribution in [0, 0.1) is 0 Å². The van der Waals surface area contributed by atoms with Crippen LogP contribution in [0.4, 0.5) is 0 Å². The normalized spacial score (nSPS) is 30.0. The first-order valence-corrected chi connectivity index (χ1v) is 15.2. The number of hydrogen-bond donors (Lipinski definition) is 2. The van der Waals surface area contributed by atoms with Crippen molar-refractivity contribution in [3.05, 3.63) is 48.6 Å². The number of nitrogens with one attached hydrogen (secondary N) is 1. The van der Waals surface area contributed by atoms with Crippen molar-refractivity contribution in [1.29, 1.82) is 0 Å². The lowest BCUT2D eigenvalue weighted by Crippen LogP contribution is -2.68. The minimum atomic E-state index is -1.61. The second-order valence-electron chi connectivity index (χ2n) is 11.0. The molecule has 10 atom stereocenters. The molecule has 2 N–H and O–H groups in total. The van der Waals surface area contributed by atoms with E-state index < -0.39 is 97.7 Å². The van der Waals surface area contributed by atoms with Gasteiger partial charge in [0.1, 0.15) is 37.1 Å². The van der Waals surface area contributed by atoms with Crippen LogP contribution in [-0.4, -0.2) is 116 Å². The Morgan fingerprint density at radius 2 is 1.40 bits per heavy atom. The van der Waals surface area contributed by atoms with Gasteiger partial charge in [0.15, 0.2) is 30.9 Å². The number of carbonyl (C=O) groups is 5. The van der Waals surface area contributed by atoms with E-state index in [-0.39, 0.29) is 19.8 Å². The lowest BCUT2D eigenvalue weighted by molar-refractivity contribution is -0.350. The average molecular weight is 682 g/mol. The zero-order valence-electron chi connectivity index (χ0n) is 27.4. The van der Waals surface area contributed by atoms with Crippen molar-refractivity contribution < 1.29 is 71.7 Å². The minimum Gasteiger partial charge on any atom is -0.463 e. The molecule has 2 fully saturated rings. The van der Waals surface area contributed by atoms with Crippen LogP contribution in [0.1, 0.15) is 40.2 Å². The number of carbonyl (C=O) groups excluding carboxylic acids is 5. The van der Waals surface area contributed by atoms with Crippen molar-refractivity contribution in [2.75, 3.05) is 19.8 Å². The predicted octanol–water partition coefficient (Wildman–Crippen LogP) is 0.465. The molecule has 3 rings (SSSR count). The third-order valence-electron chi connectivity index (χ3n) is 7.08. The summed E-state index contributed by atoms with van der Waals surface area (Å²) in [5.74, 6) is -3.65. The highest BCUT2D eigenvalue weighted by molar-refractivity contribution is 5.73. The zero-order chi connectivity index (χ0) is 35.4. The molecule has 2 heterocycles. The third-order valence-corrected chi connectivity index (χ3v) is 7.08. The Bertz CT molecular complexity index is 1260. The Labute approximate surface area is 277 Å². The van der Waals surface area contributed by atoms with Gasteiger partial charge in [-0.15, -0.1) is 6.58 Å². The highest BCUT2D eigenvalue weighted by atomic mass is 16.8. The zero-order valence-corrected chi connectivity index (χ0v) is 27.4. The van der Waals surface area contributed by atoms with E-state index in [4.69, 9.17) is 42.6 Å². The number of hydrogen-bond acceptors (Lipinski definition) is 15. The number of aliphatic hydroxyl groups excluding tert-OH is 1. The van der Waals surface area contributed by atoms with Crippen LogP contribution in [0.5, 0.6) is 0 Å². The summed E-state index contributed by atoms with van der Waals surface area (Å²) in [4.78, 5) is 60.7. The Morgan fingerprint density at radius 3 is 1.98 bits per heavy atom. The minimum absolute atomic E-state index is 0.0521. The maximum Gasteiger partial charge on any atom is 0.303 e. The second kappa shape index (κ2) is 18.6. The highest BCUT2D eigenvalue weighted by Crippen LogP contribution is 2.34. The summed E-state index contributed by atoms with van der Waals surface area (Å²) in [5.41, 5.74) is 0.849. The Morgan fingerprint density at radius 1 is 0.792 bits per heavy atom. The van der Waals surface area contributed by atoms with Gasteiger partial charge in [-0.2, -0.15) is 0 Å². The maximum absolute atomic E-state index is 12.4. The van der Waals surface area contributed by atoms with Crippen molar-refractivity contribution in [3.8, 4) is 0 Å². The molecule has 48 heavy (non-hydrogen) atoms. The molecule has 0 bridgehead atoms. The van der Waals surface area contributed by atoms with Crippen LogP contribution in [0.15, 0.2) is 43.0 Å². The quantitative estimate of drug-likeness (QED) is 0.147. The highest BCUT2D eigenvalue weighted by Gasteiger charge is 2.56. The molecule has 2 aliphatic rings. The third kappa shape index (κ3) is 11.4. The molecule has 16 nitrogen and oxygen atoms in total. The van der Waals surface area contributed by atoms with Gasteiger partial charge in [0.25, 0.3) is 0 Å². The van der Waals surface area contributed by atoms with Crippen LogP contribution in [0.25, 0.3) is 0 Å². The maximum atomic E-state index is 12.4. The predicted molar refractivity (Wildman–Crippen MR) is 161 cm³/mol. The molecule has 0 spiro atoms. The summed E-state index contributed by atoms with van der Waals surface area (Å²) < 4.78 is 52.0. The van der Waals surface area contributed by atoms with E-state index >= 15 is 0 Å². The number of rotatable bonds is 15. The molecular formula is C32H43NO15. The fourth-order valence-corrected chi connectivity index (χ4v) is 5.30. The van der Waals surface area contributed by atoms with E-state index in [0.29, 0.717) is 0 Å². The molecule has 266 valence electrons. The summed E-state index contributed by atoms with van der Waals surface area (Å²) in [5, 5.41) is 13.6. The van der Waals surface area contributed by atoms with E-state index in [1.54, 1.807) is 0 Å². The first-order valence-electron chi connectivity index (χ1n) is 15.2. The topological polar surface area (TPSA) is 201 Å². The van der Waals surface area contributed by atoms with E-state index in [1.165, 1.54) is 13.0 Å². The largest absolute Gasteiger partial charge is 0.463 e. The summed E-state index contributed by atoms with van der Waals surface area (Å²) in [6, 6.07) is 8.06. The lowest BCUT2D eigenvalue weighted by atomic mass is 9.95. The number of aliphatic hydroxyl groups is 1. The van der Waals surface area contributed by atoms with Crippen molar-refractivity contribution in [2.45, 2.75) is 103 Å². The standard InChI is InChI=1S/C32H43NO15/c1-7-13-41-28-25(33-17(2)34)31(39)46-23(15-40-14-22-11-9-8-10-12-22)26(28)48-32-30(45-21(6)38)29(44-20(5)37)27(43-19(4)36)24(47-32)16-42-18(3)35/h7-12,23-32,39H,1,13-16H2,2-6H3,(H,33,34)/t23-,24-,25-,26-,27+,28-,29+,30-,31-,32+/m1/s1. The lowest BCUT2D eigenvalue weighted by Gasteiger charge is -2.49. The van der Waals surface area contributed by atoms with Gasteiger partial charge in [-0.1, -0.05) is 36.4 Å². The monoisotopic (exact) mass is 681 g/mol. The first kappa shape index (κ1) is 38.5. The van der Waals surface area contributed by atoms with E-state index in [2.05, 4.69) is 11.9 Å². The van der Waals surface area contributed by atoms with E-state index in [1.807, 2.05) is 30.3 Å². The van der Waals surface area contributed by atoms with Gasteiger partial charge in [0.05, 0.1) is 19.8 Å². The molecule has 1 aromatic carbocycles. The molecule has 0 aromatic heterocycles. The van der Waals surface area contributed by atoms with Gasteiger partial charge in [-0.3, -0.25) is 24.0 Å². The van der Waals surface area contributed by atoms with Crippen molar-refractivity contribution in [1.82, 2.24) is 5.32 Å². The van der Waals surface area contributed by atoms with Gasteiger partial charge >= 0.3 is 23.9 Å². The number of ether oxygens (including phenoxy) is 9. The number of amides is 1. The number of esters is 4. The molecule has 2 saturated heterocycles. The molecule has 0 radical (unpaired) electrons. The summed E-state index contributed by atoms with van der Waals surface area (Å²) in [7, 11) is 0. The average Bonchev–Trinajstić information content (AvgIpc) is 3.00. The Kier molecular flexibility index (Phi) is 14.9. The fraction of sp³-hybridized carbons (Fsp3) is 0.594. The number of benzene rings is 1. The van der Waals surface area contributed by atoms with Crippen molar-refractivity contribution in [2.24, 2.45) is 0 Å². The van der Waals surface area contributed by atoms with E-state index in [0.717, 1.165) is 33.3 Å². The molecule has 0 unspecified atom stereocenters. The molecule has 16 heteroatoms. The van der Waals surface area contributed by atoms with Gasteiger partial charge in [0.2, 0.25) is 5.91 Å². The molecule has 2 aliphatic heterocycles. The van der Waals surface area contributed by atoms with E-state index in [9.17, 15) is 29.1 Å². The van der Waals surface area contributed by atoms with Crippen LogP contribution in [0.2, 0.25) is 0 Å². The van der Waals surface area contributed by atoms with Crippen LogP contribution in [-0.2, 0) is 73.2 Å². The summed E-state index contributed by atoms with van der Waals surface area (Å²) in [6.45, 7) is 8.81. The summed E-state index contributed by atoms with van der Waals surface area (Å²) >= 11 is 0. The van der Waals surface area contributed by atoms with Crippen LogP contribution in [0.3, 0.4) is 0 Å². The molecule has 0 aliphatic carbocycles. The molecule has 1 aromatic rings. The van der Waals surface area contributed by atoms with Crippen LogP contribution >= 0.6 is 0 Å². The smallest absolute Gasteiger partial charge is 0.303 e. The SMILES string of the molecule is C=CCO[C@@H]1[C@@H](NC(C)=O)[C@H](O)O[C@H](COCc2ccccc2)[C@H]1O[C@@H]1O[C@H](COC(C)=O)[C@H](OC(C)=O)[C@H](OC(C)=O)[C@H]1OC(C)=O. The fourth-order valence-electron chi connectivity index (χ4n) is 5.30. The van der Waals surface area contributed by atoms with Gasteiger partial charge in [-0.05, 0) is 5.56 Å². The second-order valence-corrected chi connectivity index (χ2v) is 11.0.